The monoisotopic (exact) mass is 1110 g/mol. The molecule has 72 heavy (non-hydrogen) atoms. The Morgan fingerprint density at radius 2 is 0.861 bits per heavy atom. The van der Waals surface area contributed by atoms with E-state index < -0.39 is 98.8 Å². The summed E-state index contributed by atoms with van der Waals surface area (Å²) in [6.07, 6.45) is 1.61. The molecule has 0 aliphatic heterocycles. The van der Waals surface area contributed by atoms with E-state index in [4.69, 9.17) is 25.6 Å². The minimum atomic E-state index is -1.72. The predicted octanol–water partition coefficient (Wildman–Crippen LogP) is 8.39. The van der Waals surface area contributed by atoms with Crippen LogP contribution in [0.5, 0.6) is 0 Å². The Balaban J connectivity index is -0.0000000928. The van der Waals surface area contributed by atoms with E-state index in [0.29, 0.717) is 0 Å². The van der Waals surface area contributed by atoms with Gasteiger partial charge in [0.1, 0.15) is 24.3 Å². The van der Waals surface area contributed by atoms with Gasteiger partial charge in [0.05, 0.1) is 31.8 Å². The Morgan fingerprint density at radius 3 is 1.07 bits per heavy atom. The normalized spacial score (nSPS) is 10.9. The fraction of sp³-hybridized carbons (Fsp3) is 0.551. The molecule has 0 fully saturated rings. The number of carbonyl (C=O) groups is 2. The summed E-state index contributed by atoms with van der Waals surface area (Å²) in [4.78, 5) is 20.0. The third kappa shape index (κ3) is 65.5. The summed E-state index contributed by atoms with van der Waals surface area (Å²) in [6.45, 7) is 27.9. The van der Waals surface area contributed by atoms with Gasteiger partial charge in [-0.15, -0.1) is 0 Å². The molecule has 0 aromatic heterocycles. The van der Waals surface area contributed by atoms with Crippen LogP contribution in [0, 0.1) is 41.8 Å². The third-order valence-corrected chi connectivity index (χ3v) is 8.09. The number of unbranched alkanes of at least 4 members (excludes halogenated alkanes) is 1. The van der Waals surface area contributed by atoms with Gasteiger partial charge in [-0.05, 0) is 140 Å². The molecule has 3 aromatic carbocycles. The topological polar surface area (TPSA) is 188 Å². The van der Waals surface area contributed by atoms with E-state index >= 15 is 0 Å². The summed E-state index contributed by atoms with van der Waals surface area (Å²) in [5.41, 5.74) is -1.19. The van der Waals surface area contributed by atoms with Crippen molar-refractivity contribution in [3.8, 4) is 0 Å². The standard InChI is InChI=1S/C12H14F3NOS.C8H5F3O.C6H4F2.C4H11NOS.C4H9.C3H5FO.4C3H8O.Li.Ti/c1-12(2,3)18(17)16-10(7-13)8-5-4-6-9(14)11(8)15;9-4-7(12)5-2-1-3-6(10)8(5)11;7-5-3-1-2-4-6(5)8;1-4(2,3)7(5)6;1-3-4-2;1-3(5)2-4;4*1-3(2)4;;/h4-6H,7H2,1-3H3;1-3H,4H2;1-4H;5H2,1-3H3;1,3-4H2,2H3;2H2,1H3;4*3-4H,1-2H3;;/q;;;;-1;;;;;;+1;/t18-;;;7-;;;;;;;;/m1..1......../s1. The number of rotatable bonds is 7. The molecule has 0 bridgehead atoms. The zero-order chi connectivity index (χ0) is 57.1. The van der Waals surface area contributed by atoms with Crippen LogP contribution in [-0.4, -0.2) is 100 Å². The average molecular weight is 1120 g/mol. The minimum Gasteiger partial charge on any atom is -0.394 e. The second-order valence-corrected chi connectivity index (χ2v) is 20.4. The Kier molecular flexibility index (Phi) is 65.9. The Hall–Kier alpha value is -2.55. The van der Waals surface area contributed by atoms with Gasteiger partial charge in [0, 0.05) is 51.7 Å². The smallest absolute Gasteiger partial charge is 0.394 e. The largest absolute Gasteiger partial charge is 1.00 e. The zero-order valence-electron chi connectivity index (χ0n) is 45.0. The Labute approximate surface area is 455 Å². The van der Waals surface area contributed by atoms with Crippen LogP contribution in [0.1, 0.15) is 140 Å². The molecule has 0 aliphatic rings. The van der Waals surface area contributed by atoms with Crippen molar-refractivity contribution < 1.29 is 119 Å². The molecule has 0 saturated heterocycles. The van der Waals surface area contributed by atoms with E-state index in [1.165, 1.54) is 37.6 Å². The van der Waals surface area contributed by atoms with Gasteiger partial charge >= 0.3 is 18.9 Å². The van der Waals surface area contributed by atoms with Crippen LogP contribution in [0.3, 0.4) is 0 Å². The summed E-state index contributed by atoms with van der Waals surface area (Å²) in [6, 6.07) is 11.5. The number of halogens is 9. The van der Waals surface area contributed by atoms with Crippen molar-refractivity contribution in [1.82, 2.24) is 0 Å². The Morgan fingerprint density at radius 1 is 0.597 bits per heavy atom. The first-order valence-corrected chi connectivity index (χ1v) is 23.8. The predicted molar refractivity (Wildman–Crippen MR) is 268 cm³/mol. The number of Topliss-reactive ketones (excluding diaryl/α,β-unsaturated/α-hetero) is 2. The number of aliphatic hydroxyl groups excluding tert-OH is 4. The number of hydrogen-bond acceptors (Lipinski definition) is 8. The van der Waals surface area contributed by atoms with Crippen LogP contribution in [0.4, 0.5) is 39.5 Å². The number of alkyl halides is 3. The van der Waals surface area contributed by atoms with Crippen molar-refractivity contribution in [1.29, 1.82) is 0 Å². The molecule has 3 rings (SSSR count). The molecule has 10 nitrogen and oxygen atoms in total. The van der Waals surface area contributed by atoms with Gasteiger partial charge in [0.15, 0.2) is 53.1 Å². The molecule has 2 atom stereocenters. The number of benzene rings is 3. The summed E-state index contributed by atoms with van der Waals surface area (Å²) < 4.78 is 136. The third-order valence-electron chi connectivity index (χ3n) is 5.45. The van der Waals surface area contributed by atoms with Crippen molar-refractivity contribution in [3.05, 3.63) is 114 Å². The molecule has 0 spiro atoms. The maximum atomic E-state index is 13.5. The van der Waals surface area contributed by atoms with Gasteiger partial charge in [0.25, 0.3) is 0 Å². The molecule has 0 aliphatic carbocycles. The van der Waals surface area contributed by atoms with E-state index in [0.717, 1.165) is 42.8 Å². The maximum Gasteiger partial charge on any atom is 1.00 e. The van der Waals surface area contributed by atoms with E-state index in [9.17, 15) is 57.5 Å². The van der Waals surface area contributed by atoms with E-state index in [2.05, 4.69) is 18.2 Å². The molecule has 0 amide bonds. The van der Waals surface area contributed by atoms with Crippen LogP contribution in [0.2, 0.25) is 0 Å². The molecule has 0 radical (unpaired) electrons. The van der Waals surface area contributed by atoms with Crippen LogP contribution >= 0.6 is 0 Å². The number of nitrogens with two attached hydrogens (primary N) is 1. The zero-order valence-corrected chi connectivity index (χ0v) is 48.2. The Bertz CT molecular complexity index is 1820. The first kappa shape index (κ1) is 89.1. The summed E-state index contributed by atoms with van der Waals surface area (Å²) in [7, 11) is -2.91. The van der Waals surface area contributed by atoms with Gasteiger partial charge in [-0.1, -0.05) is 37.6 Å². The van der Waals surface area contributed by atoms with Gasteiger partial charge in [-0.25, -0.2) is 47.9 Å². The number of carbonyl (C=O) groups excluding carboxylic acids is 2. The second kappa shape index (κ2) is 53.3. The van der Waals surface area contributed by atoms with Crippen LogP contribution in [-0.2, 0) is 48.5 Å². The average Bonchev–Trinajstić information content (AvgIpc) is 3.22. The fourth-order valence-electron chi connectivity index (χ4n) is 2.34. The van der Waals surface area contributed by atoms with E-state index in [1.807, 2.05) is 20.8 Å². The van der Waals surface area contributed by atoms with Crippen molar-refractivity contribution in [2.24, 2.45) is 9.54 Å². The minimum absolute atomic E-state index is 0. The summed E-state index contributed by atoms with van der Waals surface area (Å²) >= 11 is 0. The van der Waals surface area contributed by atoms with Gasteiger partial charge in [-0.3, -0.25) is 14.7 Å². The molecule has 414 valence electrons. The maximum absolute atomic E-state index is 13.5. The molecule has 6 N–H and O–H groups in total. The number of aliphatic hydroxyl groups is 4. The molecule has 0 unspecified atom stereocenters. The molecule has 0 saturated carbocycles. The van der Waals surface area contributed by atoms with Crippen LogP contribution in [0.15, 0.2) is 65.1 Å². The van der Waals surface area contributed by atoms with Crippen molar-refractivity contribution in [2.75, 3.05) is 20.0 Å². The summed E-state index contributed by atoms with van der Waals surface area (Å²) in [5.74, 6) is -7.76. The van der Waals surface area contributed by atoms with Gasteiger partial charge in [-0.2, -0.15) is 10.8 Å². The van der Waals surface area contributed by atoms with Crippen molar-refractivity contribution in [2.45, 2.75) is 158 Å². The molecular weight excluding hydrogens is 1030 g/mol. The van der Waals surface area contributed by atoms with Gasteiger partial charge in [0.2, 0.25) is 0 Å². The first-order valence-electron chi connectivity index (χ1n) is 21.5. The number of nitrogens with zero attached hydrogens (tertiary/aromatic N) is 1. The SMILES string of the molecule is CC(=O)CF.CC(C)(C)[S@@](=O)N=C(CF)c1cccc(F)c1F.CC(C)(C)[S@](N)=O.CC(C)O.CC(C)O.CC(C)O.CC(C)O.Fc1ccccc1F.O=C(CF)c1cccc(F)c1F.[CH2-]CCC.[Li+].[Ti]. The van der Waals surface area contributed by atoms with Crippen LogP contribution < -0.4 is 24.0 Å². The fourth-order valence-corrected chi connectivity index (χ4v) is 2.96. The number of ketones is 2. The number of hydrogen-bond donors (Lipinski definition) is 5. The van der Waals surface area contributed by atoms with Crippen molar-refractivity contribution >= 4 is 39.2 Å². The second-order valence-electron chi connectivity index (χ2n) is 16.7. The molecule has 0 heterocycles. The summed E-state index contributed by atoms with van der Waals surface area (Å²) in [5, 5.41) is 37.3. The quantitative estimate of drug-likeness (QED) is 0.0513. The van der Waals surface area contributed by atoms with Crippen LogP contribution in [0.25, 0.3) is 0 Å². The molecular formula is C49H80F9LiN2O8S2Ti. The van der Waals surface area contributed by atoms with E-state index in [1.54, 1.807) is 76.2 Å². The van der Waals surface area contributed by atoms with Gasteiger partial charge < -0.3 is 27.3 Å². The van der Waals surface area contributed by atoms with Crippen molar-refractivity contribution in [3.63, 3.8) is 0 Å². The first-order chi connectivity index (χ1) is 31.8. The molecule has 23 heteroatoms. The van der Waals surface area contributed by atoms with E-state index in [-0.39, 0.29) is 81.0 Å². The molecule has 3 aromatic rings.